The summed E-state index contributed by atoms with van der Waals surface area (Å²) in [6.45, 7) is 5.42. The standard InChI is InChI=1S/C49H39OP.Os/c1-4-15-36-28-40-24-26-42-30-37(31-43-27-25-41(29-36)48(40)49(42)43)22-23-39(32-44-34-50-33-38(44)5-2)35(3)51(45-16-9-6-10-17-45,46-18-11-7-12-19-46)47-20-13-8-14-21-47;/h4-32H,33-34H2,1-2H3;/q+1;/b15-4+,23-22+,38-5?,39-35?,44-32?;. The van der Waals surface area contributed by atoms with Crippen molar-refractivity contribution in [2.75, 3.05) is 13.2 Å². The minimum absolute atomic E-state index is 0.597. The average molecular weight is 865 g/mol. The fourth-order valence-corrected chi connectivity index (χ4v) is 13.6. The van der Waals surface area contributed by atoms with Crippen molar-refractivity contribution in [1.82, 2.24) is 0 Å². The summed E-state index contributed by atoms with van der Waals surface area (Å²) in [7, 11) is -2.41. The molecule has 1 fully saturated rings. The van der Waals surface area contributed by atoms with Gasteiger partial charge in [-0.15, -0.1) is 0 Å². The summed E-state index contributed by atoms with van der Waals surface area (Å²) < 4.78 is 9.87. The molecule has 0 aromatic heterocycles. The van der Waals surface area contributed by atoms with Gasteiger partial charge in [-0.25, -0.2) is 0 Å². The van der Waals surface area contributed by atoms with Crippen molar-refractivity contribution in [3.05, 3.63) is 197 Å². The summed E-state index contributed by atoms with van der Waals surface area (Å²) in [6, 6.07) is 51.6. The number of ether oxygens (including phenoxy) is 1. The second kappa shape index (κ2) is 15.0. The van der Waals surface area contributed by atoms with E-state index in [1.54, 1.807) is 0 Å². The molecule has 52 heavy (non-hydrogen) atoms. The van der Waals surface area contributed by atoms with E-state index >= 15 is 0 Å². The average Bonchev–Trinajstić information content (AvgIpc) is 3.66. The molecule has 1 aliphatic rings. The van der Waals surface area contributed by atoms with Gasteiger partial charge in [0.15, 0.2) is 0 Å². The van der Waals surface area contributed by atoms with Gasteiger partial charge in [0.25, 0.3) is 0 Å². The SMILES string of the molecule is CC=C1COCC1=CC(/C=C/c1cc2ccc3cc(/C=C/C)cc4ccc(c1)c2c34)=C([C]#[Os])[P+](c1ccccc1)(c1ccccc1)c1ccccc1. The van der Waals surface area contributed by atoms with Crippen LogP contribution < -0.4 is 15.9 Å². The zero-order chi connectivity index (χ0) is 35.5. The molecule has 0 amide bonds. The Morgan fingerprint density at radius 1 is 0.596 bits per heavy atom. The summed E-state index contributed by atoms with van der Waals surface area (Å²) in [5.41, 5.74) is 6.03. The third-order valence-corrected chi connectivity index (χ3v) is 15.5. The molecule has 0 atom stereocenters. The first kappa shape index (κ1) is 34.2. The predicted octanol–water partition coefficient (Wildman–Crippen LogP) is 11.3. The van der Waals surface area contributed by atoms with Gasteiger partial charge in [-0.2, -0.15) is 0 Å². The first-order chi connectivity index (χ1) is 25.6. The van der Waals surface area contributed by atoms with Crippen LogP contribution in [0.1, 0.15) is 25.0 Å². The summed E-state index contributed by atoms with van der Waals surface area (Å²) >= 11 is 1.82. The van der Waals surface area contributed by atoms with Gasteiger partial charge in [0.2, 0.25) is 0 Å². The summed E-state index contributed by atoms with van der Waals surface area (Å²) in [5, 5.41) is 12.9. The van der Waals surface area contributed by atoms with Crippen molar-refractivity contribution in [2.45, 2.75) is 13.8 Å². The molecule has 7 aromatic rings. The van der Waals surface area contributed by atoms with E-state index in [-0.39, 0.29) is 0 Å². The zero-order valence-electron chi connectivity index (χ0n) is 29.4. The Labute approximate surface area is 317 Å². The van der Waals surface area contributed by atoms with Gasteiger partial charge in [0.1, 0.15) is 0 Å². The number of allylic oxidation sites excluding steroid dienone is 6. The number of benzene rings is 7. The van der Waals surface area contributed by atoms with Crippen molar-refractivity contribution < 1.29 is 22.7 Å². The third kappa shape index (κ3) is 6.18. The van der Waals surface area contributed by atoms with Crippen LogP contribution in [0, 0.1) is 4.37 Å². The molecule has 0 saturated carbocycles. The molecule has 1 saturated heterocycles. The fraction of sp³-hybridized carbons (Fsp3) is 0.0816. The molecular formula is C49H39OOsP+. The van der Waals surface area contributed by atoms with Crippen molar-refractivity contribution in [1.29, 1.82) is 0 Å². The minimum atomic E-state index is -2.41. The normalized spacial score (nSPS) is 15.9. The number of hydrogen-bond acceptors (Lipinski definition) is 1. The van der Waals surface area contributed by atoms with Crippen molar-refractivity contribution in [3.8, 4) is 4.37 Å². The molecule has 0 radical (unpaired) electrons. The maximum absolute atomic E-state index is 6.01. The molecule has 7 aromatic carbocycles. The molecule has 0 aliphatic carbocycles. The van der Waals surface area contributed by atoms with Gasteiger partial charge in [-0.05, 0) is 12.5 Å². The van der Waals surface area contributed by atoms with E-state index in [0.29, 0.717) is 13.2 Å². The maximum atomic E-state index is 6.01. The van der Waals surface area contributed by atoms with Crippen LogP contribution in [-0.2, 0) is 22.7 Å². The monoisotopic (exact) mass is 866 g/mol. The molecule has 8 rings (SSSR count). The van der Waals surface area contributed by atoms with Gasteiger partial charge < -0.3 is 0 Å². The Hall–Kier alpha value is -4.91. The van der Waals surface area contributed by atoms with E-state index < -0.39 is 7.26 Å². The van der Waals surface area contributed by atoms with E-state index in [1.165, 1.54) is 75.8 Å². The van der Waals surface area contributed by atoms with Crippen LogP contribution in [0.25, 0.3) is 44.5 Å². The summed E-state index contributed by atoms with van der Waals surface area (Å²) in [4.78, 5) is 0. The first-order valence-corrected chi connectivity index (χ1v) is 20.8. The quantitative estimate of drug-likeness (QED) is 0.0840. The van der Waals surface area contributed by atoms with Crippen LogP contribution in [0.3, 0.4) is 0 Å². The number of rotatable bonds is 8. The molecule has 1 heterocycles. The van der Waals surface area contributed by atoms with Crippen LogP contribution in [0.2, 0.25) is 0 Å². The molecule has 0 bridgehead atoms. The van der Waals surface area contributed by atoms with E-state index in [4.69, 9.17) is 4.74 Å². The Morgan fingerprint density at radius 3 is 1.46 bits per heavy atom. The van der Waals surface area contributed by atoms with Gasteiger partial charge >= 0.3 is 294 Å². The molecule has 3 heteroatoms. The van der Waals surface area contributed by atoms with Gasteiger partial charge in [-0.1, -0.05) is 12.2 Å². The van der Waals surface area contributed by atoms with E-state index in [2.05, 4.69) is 194 Å². The molecule has 253 valence electrons. The summed E-state index contributed by atoms with van der Waals surface area (Å²) in [5.74, 6) is 0. The van der Waals surface area contributed by atoms with Crippen LogP contribution in [0.5, 0.6) is 0 Å². The number of hydrogen-bond donors (Lipinski definition) is 0. The second-order valence-corrected chi connectivity index (χ2v) is 17.2. The topological polar surface area (TPSA) is 9.23 Å². The van der Waals surface area contributed by atoms with Crippen molar-refractivity contribution in [3.63, 3.8) is 0 Å². The van der Waals surface area contributed by atoms with Crippen LogP contribution in [0.4, 0.5) is 0 Å². The fourth-order valence-electron chi connectivity index (χ4n) is 7.79. The molecular weight excluding hydrogens is 826 g/mol. The van der Waals surface area contributed by atoms with Gasteiger partial charge in [0.05, 0.1) is 0 Å². The Balaban J connectivity index is 1.39. The molecule has 1 nitrogen and oxygen atoms in total. The Kier molecular flexibility index (Phi) is 9.85. The molecule has 1 aliphatic heterocycles. The zero-order valence-corrected chi connectivity index (χ0v) is 32.8. The molecule has 0 unspecified atom stereocenters. The van der Waals surface area contributed by atoms with Gasteiger partial charge in [-0.3, -0.25) is 0 Å². The third-order valence-electron chi connectivity index (χ3n) is 10.1. The van der Waals surface area contributed by atoms with Crippen molar-refractivity contribution >= 4 is 67.6 Å². The molecule has 0 N–H and O–H groups in total. The summed E-state index contributed by atoms with van der Waals surface area (Å²) in [6.07, 6.45) is 13.5. The predicted molar refractivity (Wildman–Crippen MR) is 223 cm³/mol. The Bertz CT molecular complexity index is 2440. The first-order valence-electron chi connectivity index (χ1n) is 17.8. The van der Waals surface area contributed by atoms with E-state index in [9.17, 15) is 0 Å². The molecule has 0 spiro atoms. The van der Waals surface area contributed by atoms with E-state index in [0.717, 1.165) is 5.57 Å². The van der Waals surface area contributed by atoms with Crippen LogP contribution >= 0.6 is 7.26 Å². The van der Waals surface area contributed by atoms with Crippen molar-refractivity contribution in [2.24, 2.45) is 0 Å². The van der Waals surface area contributed by atoms with Crippen LogP contribution in [-0.4, -0.2) is 13.2 Å². The van der Waals surface area contributed by atoms with Gasteiger partial charge in [0, 0.05) is 0 Å². The van der Waals surface area contributed by atoms with E-state index in [1.807, 2.05) is 17.9 Å². The second-order valence-electron chi connectivity index (χ2n) is 13.2. The van der Waals surface area contributed by atoms with Crippen LogP contribution in [0.15, 0.2) is 186 Å². The Morgan fingerprint density at radius 2 is 1.04 bits per heavy atom.